The molecule has 3 heterocycles. The summed E-state index contributed by atoms with van der Waals surface area (Å²) in [6, 6.07) is 13.2. The van der Waals surface area contributed by atoms with Crippen molar-refractivity contribution in [3.05, 3.63) is 59.9 Å². The van der Waals surface area contributed by atoms with Crippen LogP contribution in [-0.4, -0.2) is 63.3 Å². The normalized spacial score (nSPS) is 23.6. The summed E-state index contributed by atoms with van der Waals surface area (Å²) in [7, 11) is 1.72. The van der Waals surface area contributed by atoms with Gasteiger partial charge in [0.1, 0.15) is 0 Å². The molecule has 2 aromatic rings. The molecule has 3 amide bonds. The molecule has 3 aliphatic rings. The summed E-state index contributed by atoms with van der Waals surface area (Å²) in [6.07, 6.45) is 1.47. The van der Waals surface area contributed by atoms with E-state index in [-0.39, 0.29) is 18.5 Å². The zero-order chi connectivity index (χ0) is 20.3. The van der Waals surface area contributed by atoms with Gasteiger partial charge in [-0.3, -0.25) is 9.69 Å². The van der Waals surface area contributed by atoms with E-state index < -0.39 is 12.2 Å². The van der Waals surface area contributed by atoms with Crippen molar-refractivity contribution in [3.63, 3.8) is 0 Å². The van der Waals surface area contributed by atoms with E-state index in [2.05, 4.69) is 11.8 Å². The molecule has 2 unspecified atom stereocenters. The first kappa shape index (κ1) is 17.7. The van der Waals surface area contributed by atoms with Crippen LogP contribution in [0.1, 0.15) is 19.4 Å². The Morgan fingerprint density at radius 2 is 1.79 bits per heavy atom. The number of carbonyl (C=O) groups is 2. The van der Waals surface area contributed by atoms with Crippen molar-refractivity contribution in [1.29, 1.82) is 0 Å². The van der Waals surface area contributed by atoms with Gasteiger partial charge < -0.3 is 14.7 Å². The number of imide groups is 1. The number of guanidine groups is 1. The molecule has 0 spiro atoms. The number of rotatable bonds is 3. The zero-order valence-electron chi connectivity index (χ0n) is 16.7. The molecule has 5 rings (SSSR count). The van der Waals surface area contributed by atoms with Crippen molar-refractivity contribution in [2.45, 2.75) is 32.6 Å². The number of allylic oxidation sites excluding steroid dienone is 1. The number of aliphatic imine (C=N–C) groups is 1. The van der Waals surface area contributed by atoms with Gasteiger partial charge in [-0.2, -0.15) is 0 Å². The molecule has 2 atom stereocenters. The number of hydrogen-bond acceptors (Lipinski definition) is 5. The lowest BCUT2D eigenvalue weighted by Crippen LogP contribution is -2.63. The zero-order valence-corrected chi connectivity index (χ0v) is 16.7. The molecule has 0 aliphatic carbocycles. The van der Waals surface area contributed by atoms with Crippen LogP contribution in [0.4, 0.5) is 4.79 Å². The molecule has 7 heteroatoms. The maximum absolute atomic E-state index is 13.5. The lowest BCUT2D eigenvalue weighted by atomic mass is 10.0. The molecule has 0 aromatic heterocycles. The minimum Gasteiger partial charge on any atom is -0.315 e. The second kappa shape index (κ2) is 6.34. The van der Waals surface area contributed by atoms with Crippen LogP contribution in [0, 0.1) is 0 Å². The number of carbonyl (C=O) groups excluding carboxylic acids is 2. The second-order valence-corrected chi connectivity index (χ2v) is 7.67. The lowest BCUT2D eigenvalue weighted by molar-refractivity contribution is -0.137. The SMILES string of the molecule is CCN1C(C)=CN2C1=NC1C2C(=O)N(Cc2cccc3ccccc23)C(=O)N1C. The molecule has 1 fully saturated rings. The van der Waals surface area contributed by atoms with Gasteiger partial charge in [0.2, 0.25) is 5.96 Å². The fourth-order valence-electron chi connectivity index (χ4n) is 4.54. The van der Waals surface area contributed by atoms with E-state index in [1.807, 2.05) is 60.5 Å². The van der Waals surface area contributed by atoms with Gasteiger partial charge in [-0.15, -0.1) is 0 Å². The van der Waals surface area contributed by atoms with E-state index >= 15 is 0 Å². The van der Waals surface area contributed by atoms with Crippen LogP contribution in [0.5, 0.6) is 0 Å². The van der Waals surface area contributed by atoms with E-state index in [4.69, 9.17) is 4.99 Å². The third kappa shape index (κ3) is 2.46. The maximum atomic E-state index is 13.5. The van der Waals surface area contributed by atoms with Crippen LogP contribution in [0.3, 0.4) is 0 Å². The van der Waals surface area contributed by atoms with Crippen molar-refractivity contribution in [1.82, 2.24) is 19.6 Å². The maximum Gasteiger partial charge on any atom is 0.328 e. The van der Waals surface area contributed by atoms with Gasteiger partial charge in [0.25, 0.3) is 5.91 Å². The van der Waals surface area contributed by atoms with Crippen LogP contribution < -0.4 is 0 Å². The van der Waals surface area contributed by atoms with Gasteiger partial charge in [0, 0.05) is 25.5 Å². The lowest BCUT2D eigenvalue weighted by Gasteiger charge is -2.40. The number of likely N-dealkylation sites (N-methyl/N-ethyl adjacent to an activating group) is 1. The molecular formula is C22H23N5O2. The molecule has 29 heavy (non-hydrogen) atoms. The molecule has 0 bridgehead atoms. The third-order valence-electron chi connectivity index (χ3n) is 6.03. The number of amides is 3. The van der Waals surface area contributed by atoms with Crippen molar-refractivity contribution in [2.24, 2.45) is 4.99 Å². The number of urea groups is 1. The van der Waals surface area contributed by atoms with Crippen LogP contribution in [0.25, 0.3) is 10.8 Å². The average molecular weight is 389 g/mol. The summed E-state index contributed by atoms with van der Waals surface area (Å²) < 4.78 is 0. The summed E-state index contributed by atoms with van der Waals surface area (Å²) in [5.74, 6) is 0.548. The first-order valence-electron chi connectivity index (χ1n) is 9.88. The Labute approximate surface area is 169 Å². The van der Waals surface area contributed by atoms with Crippen LogP contribution in [0.2, 0.25) is 0 Å². The Hall–Kier alpha value is -3.35. The molecule has 148 valence electrons. The number of fused-ring (bicyclic) bond motifs is 4. The van der Waals surface area contributed by atoms with E-state index in [9.17, 15) is 9.59 Å². The Bertz CT molecular complexity index is 1090. The van der Waals surface area contributed by atoms with Crippen LogP contribution in [0.15, 0.2) is 59.4 Å². The summed E-state index contributed by atoms with van der Waals surface area (Å²) >= 11 is 0. The monoisotopic (exact) mass is 389 g/mol. The molecule has 0 radical (unpaired) electrons. The predicted octanol–water partition coefficient (Wildman–Crippen LogP) is 2.80. The van der Waals surface area contributed by atoms with E-state index in [1.54, 1.807) is 11.9 Å². The van der Waals surface area contributed by atoms with Gasteiger partial charge >= 0.3 is 6.03 Å². The van der Waals surface area contributed by atoms with Gasteiger partial charge in [0.05, 0.1) is 6.54 Å². The first-order chi connectivity index (χ1) is 14.0. The first-order valence-corrected chi connectivity index (χ1v) is 9.88. The highest BCUT2D eigenvalue weighted by Gasteiger charge is 2.54. The third-order valence-corrected chi connectivity index (χ3v) is 6.03. The number of hydrogen-bond donors (Lipinski definition) is 0. The summed E-state index contributed by atoms with van der Waals surface area (Å²) in [6.45, 7) is 5.07. The summed E-state index contributed by atoms with van der Waals surface area (Å²) in [5.41, 5.74) is 2.01. The molecule has 0 N–H and O–H groups in total. The van der Waals surface area contributed by atoms with Gasteiger partial charge in [-0.05, 0) is 30.2 Å². The molecule has 7 nitrogen and oxygen atoms in total. The van der Waals surface area contributed by atoms with Crippen LogP contribution in [-0.2, 0) is 11.3 Å². The van der Waals surface area contributed by atoms with Crippen molar-refractivity contribution in [3.8, 4) is 0 Å². The largest absolute Gasteiger partial charge is 0.328 e. The quantitative estimate of drug-likeness (QED) is 0.810. The van der Waals surface area contributed by atoms with Gasteiger partial charge in [-0.1, -0.05) is 42.5 Å². The fourth-order valence-corrected chi connectivity index (χ4v) is 4.54. The Balaban J connectivity index is 1.50. The fraction of sp³-hybridized carbons (Fsp3) is 0.318. The molecule has 2 aromatic carbocycles. The molecule has 3 aliphatic heterocycles. The van der Waals surface area contributed by atoms with Crippen molar-refractivity contribution >= 4 is 28.7 Å². The summed E-state index contributed by atoms with van der Waals surface area (Å²) in [4.78, 5) is 38.2. The van der Waals surface area contributed by atoms with E-state index in [0.717, 1.165) is 34.5 Å². The Kier molecular flexibility index (Phi) is 3.87. The minimum absolute atomic E-state index is 0.202. The summed E-state index contributed by atoms with van der Waals surface area (Å²) in [5, 5.41) is 2.15. The molecule has 0 saturated carbocycles. The van der Waals surface area contributed by atoms with E-state index in [1.165, 1.54) is 4.90 Å². The highest BCUT2D eigenvalue weighted by Crippen LogP contribution is 2.34. The van der Waals surface area contributed by atoms with Gasteiger partial charge in [0.15, 0.2) is 12.2 Å². The van der Waals surface area contributed by atoms with Crippen LogP contribution >= 0.6 is 0 Å². The van der Waals surface area contributed by atoms with Crippen molar-refractivity contribution < 1.29 is 9.59 Å². The Morgan fingerprint density at radius 1 is 1.03 bits per heavy atom. The van der Waals surface area contributed by atoms with E-state index in [0.29, 0.717) is 0 Å². The van der Waals surface area contributed by atoms with Gasteiger partial charge in [-0.25, -0.2) is 9.79 Å². The number of nitrogens with zero attached hydrogens (tertiary/aromatic N) is 5. The minimum atomic E-state index is -0.519. The Morgan fingerprint density at radius 3 is 2.59 bits per heavy atom. The second-order valence-electron chi connectivity index (χ2n) is 7.67. The average Bonchev–Trinajstić information content (AvgIpc) is 3.24. The predicted molar refractivity (Wildman–Crippen MR) is 111 cm³/mol. The van der Waals surface area contributed by atoms with Crippen molar-refractivity contribution in [2.75, 3.05) is 13.6 Å². The standard InChI is InChI=1S/C22H23N5O2/c1-4-25-14(2)12-26-18-19(23-21(25)26)24(3)22(29)27(20(18)28)13-16-10-7-9-15-8-5-6-11-17(15)16/h5-12,18-19H,4,13H2,1-3H3. The highest BCUT2D eigenvalue weighted by atomic mass is 16.2. The number of benzene rings is 2. The smallest absolute Gasteiger partial charge is 0.315 e. The molecular weight excluding hydrogens is 366 g/mol. The highest BCUT2D eigenvalue weighted by molar-refractivity contribution is 6.05. The molecule has 1 saturated heterocycles. The topological polar surface area (TPSA) is 59.5 Å².